The largest absolute Gasteiger partial charge is 0.486 e. The Labute approximate surface area is 217 Å². The van der Waals surface area contributed by atoms with Crippen LogP contribution in [0.15, 0.2) is 49.4 Å². The molecule has 3 aliphatic heterocycles. The Hall–Kier alpha value is -3.65. The number of pyridine rings is 1. The summed E-state index contributed by atoms with van der Waals surface area (Å²) in [5.41, 5.74) is 6.68. The van der Waals surface area contributed by atoms with Gasteiger partial charge in [-0.25, -0.2) is 4.98 Å². The lowest BCUT2D eigenvalue weighted by Gasteiger charge is -2.36. The molecule has 2 fully saturated rings. The lowest BCUT2D eigenvalue weighted by Crippen LogP contribution is -2.43. The quantitative estimate of drug-likeness (QED) is 0.538. The molecule has 1 amide bonds. The summed E-state index contributed by atoms with van der Waals surface area (Å²) in [6, 6.07) is 7.05. The summed E-state index contributed by atoms with van der Waals surface area (Å²) >= 11 is 0. The third kappa shape index (κ3) is 4.50. The van der Waals surface area contributed by atoms with Crippen molar-refractivity contribution in [2.75, 3.05) is 31.5 Å². The maximum absolute atomic E-state index is 12.0. The van der Waals surface area contributed by atoms with Gasteiger partial charge in [-0.3, -0.25) is 14.4 Å². The average molecular weight is 499 g/mol. The first kappa shape index (κ1) is 23.7. The van der Waals surface area contributed by atoms with Crippen LogP contribution >= 0.6 is 0 Å². The topological polar surface area (TPSA) is 75.5 Å². The van der Waals surface area contributed by atoms with Crippen molar-refractivity contribution in [3.05, 3.63) is 66.1 Å². The molecule has 5 heterocycles. The minimum absolute atomic E-state index is 0.0520. The Morgan fingerprint density at radius 2 is 2.05 bits per heavy atom. The van der Waals surface area contributed by atoms with Crippen LogP contribution in [-0.2, 0) is 18.4 Å². The number of nitrogens with zero attached hydrogens (tertiary/aromatic N) is 5. The van der Waals surface area contributed by atoms with Gasteiger partial charge in [-0.05, 0) is 80.1 Å². The maximum atomic E-state index is 12.0. The van der Waals surface area contributed by atoms with E-state index in [1.54, 1.807) is 0 Å². The number of hydrogen-bond donors (Lipinski definition) is 1. The molecule has 1 N–H and O–H groups in total. The van der Waals surface area contributed by atoms with Gasteiger partial charge in [-0.1, -0.05) is 12.6 Å². The number of carbonyl (C=O) groups excluding carboxylic acids is 1. The van der Waals surface area contributed by atoms with Gasteiger partial charge in [0.2, 0.25) is 5.91 Å². The molecular weight excluding hydrogens is 464 g/mol. The second-order valence-corrected chi connectivity index (χ2v) is 10.5. The second kappa shape index (κ2) is 9.67. The molecule has 3 aromatic rings. The highest BCUT2D eigenvalue weighted by Gasteiger charge is 2.32. The number of amides is 1. The van der Waals surface area contributed by atoms with Crippen LogP contribution in [0.1, 0.15) is 41.9 Å². The van der Waals surface area contributed by atoms with Crippen LogP contribution in [0.25, 0.3) is 11.1 Å². The van der Waals surface area contributed by atoms with Gasteiger partial charge in [-0.15, -0.1) is 0 Å². The van der Waals surface area contributed by atoms with Crippen molar-refractivity contribution in [2.24, 2.45) is 7.05 Å². The van der Waals surface area contributed by atoms with E-state index in [4.69, 9.17) is 4.74 Å². The number of nitrogens with one attached hydrogen (secondary N) is 1. The molecule has 0 bridgehead atoms. The average Bonchev–Trinajstić information content (AvgIpc) is 3.53. The molecule has 0 radical (unpaired) electrons. The lowest BCUT2D eigenvalue weighted by molar-refractivity contribution is -0.125. The Morgan fingerprint density at radius 3 is 2.81 bits per heavy atom. The van der Waals surface area contributed by atoms with E-state index in [1.807, 2.05) is 41.3 Å². The number of carbonyl (C=O) groups is 1. The highest BCUT2D eigenvalue weighted by atomic mass is 16.5. The van der Waals surface area contributed by atoms with E-state index in [1.165, 1.54) is 11.6 Å². The standard InChI is InChI=1S/C29H34N6O2/c1-4-27(36)35-12-8-23(17-35)34-10-6-20(7-11-34)21-13-19(2)28-26(14-21)32-29-25(18-37-28)24(5-9-30-29)22-15-31-33(3)16-22/h4-5,9,13-16,20,23H,1,6-8,10-12,17-18H2,2-3H3,(H,30,32). The molecule has 8 nitrogen and oxygen atoms in total. The van der Waals surface area contributed by atoms with Gasteiger partial charge in [0, 0.05) is 49.7 Å². The second-order valence-electron chi connectivity index (χ2n) is 10.5. The molecule has 1 unspecified atom stereocenters. The highest BCUT2D eigenvalue weighted by Crippen LogP contribution is 2.42. The SMILES string of the molecule is C=CC(=O)N1CCC(N2CCC(c3cc(C)c4c(c3)Nc3nccc(-c5cnn(C)c5)c3CO4)CC2)C1. The molecule has 8 heteroatoms. The molecule has 6 rings (SSSR count). The minimum atomic E-state index is 0.0520. The first-order valence-electron chi connectivity index (χ1n) is 13.2. The Morgan fingerprint density at radius 1 is 1.22 bits per heavy atom. The monoisotopic (exact) mass is 498 g/mol. The normalized spacial score (nSPS) is 19.9. The number of rotatable bonds is 4. The predicted octanol–water partition coefficient (Wildman–Crippen LogP) is 4.39. The fraction of sp³-hybridized carbons (Fsp3) is 0.414. The predicted molar refractivity (Wildman–Crippen MR) is 144 cm³/mol. The lowest BCUT2D eigenvalue weighted by atomic mass is 9.87. The van der Waals surface area contributed by atoms with Crippen molar-refractivity contribution < 1.29 is 9.53 Å². The number of hydrogen-bond acceptors (Lipinski definition) is 6. The third-order valence-electron chi connectivity index (χ3n) is 8.15. The van der Waals surface area contributed by atoms with Crippen molar-refractivity contribution >= 4 is 17.4 Å². The molecule has 2 aromatic heterocycles. The molecule has 1 aromatic carbocycles. The molecule has 3 aliphatic rings. The van der Waals surface area contributed by atoms with Crippen molar-refractivity contribution in [1.82, 2.24) is 24.6 Å². The van der Waals surface area contributed by atoms with Gasteiger partial charge in [0.1, 0.15) is 18.2 Å². The van der Waals surface area contributed by atoms with Crippen molar-refractivity contribution in [1.29, 1.82) is 0 Å². The zero-order chi connectivity index (χ0) is 25.5. The van der Waals surface area contributed by atoms with Gasteiger partial charge in [0.25, 0.3) is 0 Å². The molecule has 0 spiro atoms. The smallest absolute Gasteiger partial charge is 0.246 e. The van der Waals surface area contributed by atoms with E-state index in [-0.39, 0.29) is 5.91 Å². The minimum Gasteiger partial charge on any atom is -0.486 e. The van der Waals surface area contributed by atoms with Gasteiger partial charge in [-0.2, -0.15) is 5.10 Å². The van der Waals surface area contributed by atoms with Crippen LogP contribution in [0.4, 0.5) is 11.5 Å². The van der Waals surface area contributed by atoms with E-state index < -0.39 is 0 Å². The number of aryl methyl sites for hydroxylation is 2. The highest BCUT2D eigenvalue weighted by molar-refractivity contribution is 5.87. The fourth-order valence-electron chi connectivity index (χ4n) is 6.14. The van der Waals surface area contributed by atoms with Crippen LogP contribution in [0.5, 0.6) is 5.75 Å². The first-order chi connectivity index (χ1) is 18.0. The summed E-state index contributed by atoms with van der Waals surface area (Å²) in [4.78, 5) is 21.2. The summed E-state index contributed by atoms with van der Waals surface area (Å²) < 4.78 is 8.18. The Kier molecular flexibility index (Phi) is 6.20. The third-order valence-corrected chi connectivity index (χ3v) is 8.15. The molecule has 37 heavy (non-hydrogen) atoms. The van der Waals surface area contributed by atoms with Crippen molar-refractivity contribution in [2.45, 2.75) is 44.8 Å². The first-order valence-corrected chi connectivity index (χ1v) is 13.2. The van der Waals surface area contributed by atoms with Crippen molar-refractivity contribution in [3.8, 4) is 16.9 Å². The van der Waals surface area contributed by atoms with E-state index >= 15 is 0 Å². The van der Waals surface area contributed by atoms with Crippen molar-refractivity contribution in [3.63, 3.8) is 0 Å². The number of aromatic nitrogens is 3. The van der Waals surface area contributed by atoms with E-state index in [2.05, 4.69) is 45.9 Å². The van der Waals surface area contributed by atoms with Gasteiger partial charge >= 0.3 is 0 Å². The zero-order valence-electron chi connectivity index (χ0n) is 21.6. The summed E-state index contributed by atoms with van der Waals surface area (Å²) in [5.74, 6) is 2.29. The van der Waals surface area contributed by atoms with Crippen LogP contribution in [0.3, 0.4) is 0 Å². The Balaban J connectivity index is 1.19. The van der Waals surface area contributed by atoms with Crippen LogP contribution < -0.4 is 10.1 Å². The molecule has 0 saturated carbocycles. The summed E-state index contributed by atoms with van der Waals surface area (Å²) in [6.07, 6.45) is 10.5. The van der Waals surface area contributed by atoms with Gasteiger partial charge in [0.15, 0.2) is 0 Å². The Bertz CT molecular complexity index is 1340. The summed E-state index contributed by atoms with van der Waals surface area (Å²) in [6.45, 7) is 10.0. The van der Waals surface area contributed by atoms with E-state index in [9.17, 15) is 4.79 Å². The summed E-state index contributed by atoms with van der Waals surface area (Å²) in [5, 5.41) is 7.93. The molecule has 0 aliphatic carbocycles. The number of likely N-dealkylation sites (tertiary alicyclic amines) is 2. The van der Waals surface area contributed by atoms with Gasteiger partial charge < -0.3 is 15.0 Å². The molecule has 2 saturated heterocycles. The number of fused-ring (bicyclic) bond motifs is 2. The maximum Gasteiger partial charge on any atom is 0.246 e. The number of benzene rings is 1. The molecule has 1 atom stereocenters. The number of ether oxygens (including phenoxy) is 1. The number of anilines is 2. The van der Waals surface area contributed by atoms with Crippen LogP contribution in [0, 0.1) is 6.92 Å². The van der Waals surface area contributed by atoms with Crippen LogP contribution in [0.2, 0.25) is 0 Å². The van der Waals surface area contributed by atoms with Gasteiger partial charge in [0.05, 0.1) is 11.9 Å². The van der Waals surface area contributed by atoms with E-state index in [0.717, 1.165) is 85.0 Å². The van der Waals surface area contributed by atoms with Crippen LogP contribution in [-0.4, -0.2) is 62.7 Å². The summed E-state index contributed by atoms with van der Waals surface area (Å²) in [7, 11) is 1.93. The molecular formula is C29H34N6O2. The zero-order valence-corrected chi connectivity index (χ0v) is 21.6. The van der Waals surface area contributed by atoms with E-state index in [0.29, 0.717) is 18.6 Å². The molecule has 192 valence electrons. The number of piperidine rings is 1. The fourth-order valence-corrected chi connectivity index (χ4v) is 6.14.